The van der Waals surface area contributed by atoms with E-state index in [0.29, 0.717) is 31.6 Å². The van der Waals surface area contributed by atoms with Gasteiger partial charge in [0, 0.05) is 12.5 Å². The van der Waals surface area contributed by atoms with E-state index < -0.39 is 41.9 Å². The van der Waals surface area contributed by atoms with Gasteiger partial charge in [0.2, 0.25) is 11.8 Å². The molecule has 11 heteroatoms. The lowest BCUT2D eigenvalue weighted by molar-refractivity contribution is -0.140. The van der Waals surface area contributed by atoms with Crippen molar-refractivity contribution in [3.63, 3.8) is 0 Å². The van der Waals surface area contributed by atoms with Crippen molar-refractivity contribution in [2.45, 2.75) is 63.1 Å². The molecule has 0 rings (SSSR count). The fraction of sp³-hybridized carbons (Fsp3) is 0.750. The molecule has 0 fully saturated rings. The Morgan fingerprint density at radius 2 is 1.67 bits per heavy atom. The molecule has 156 valence electrons. The van der Waals surface area contributed by atoms with Crippen LogP contribution in [0.4, 0.5) is 0 Å². The molecule has 27 heavy (non-hydrogen) atoms. The van der Waals surface area contributed by atoms with Crippen LogP contribution >= 0.6 is 12.6 Å². The highest BCUT2D eigenvalue weighted by molar-refractivity contribution is 7.80. The molecule has 3 atom stereocenters. The predicted octanol–water partition coefficient (Wildman–Crippen LogP) is -0.928. The molecule has 0 radical (unpaired) electrons. The summed E-state index contributed by atoms with van der Waals surface area (Å²) in [4.78, 5) is 46.1. The summed E-state index contributed by atoms with van der Waals surface area (Å²) < 4.78 is 0. The molecule has 2 amide bonds. The van der Waals surface area contributed by atoms with Crippen LogP contribution in [0.25, 0.3) is 0 Å². The largest absolute Gasteiger partial charge is 0.481 e. The molecule has 0 aliphatic rings. The van der Waals surface area contributed by atoms with Crippen LogP contribution in [0.15, 0.2) is 0 Å². The summed E-state index contributed by atoms with van der Waals surface area (Å²) in [6, 6.07) is -2.61. The molecule has 0 aromatic heterocycles. The molecule has 0 aliphatic heterocycles. The van der Waals surface area contributed by atoms with Gasteiger partial charge in [0.05, 0.1) is 6.42 Å². The number of carbonyl (C=O) groups is 4. The van der Waals surface area contributed by atoms with Crippen LogP contribution in [0.1, 0.15) is 44.9 Å². The second-order valence-corrected chi connectivity index (χ2v) is 6.65. The van der Waals surface area contributed by atoms with E-state index in [0.717, 1.165) is 0 Å². The van der Waals surface area contributed by atoms with E-state index in [1.807, 2.05) is 0 Å². The Labute approximate surface area is 163 Å². The molecule has 0 aromatic carbocycles. The number of thiol groups is 1. The molecular formula is C16H30N4O6S. The summed E-state index contributed by atoms with van der Waals surface area (Å²) >= 11 is 4.07. The number of rotatable bonds is 15. The van der Waals surface area contributed by atoms with E-state index in [1.54, 1.807) is 0 Å². The minimum Gasteiger partial charge on any atom is -0.481 e. The molecule has 0 spiro atoms. The minimum atomic E-state index is -1.21. The van der Waals surface area contributed by atoms with Crippen LogP contribution in [-0.4, -0.2) is 64.4 Å². The quantitative estimate of drug-likeness (QED) is 0.134. The molecule has 0 bridgehead atoms. The first-order chi connectivity index (χ1) is 12.7. The zero-order chi connectivity index (χ0) is 20.8. The minimum absolute atomic E-state index is 0.0584. The fourth-order valence-corrected chi connectivity index (χ4v) is 2.61. The summed E-state index contributed by atoms with van der Waals surface area (Å²) in [6.45, 7) is 0.477. The zero-order valence-electron chi connectivity index (χ0n) is 15.2. The zero-order valence-corrected chi connectivity index (χ0v) is 16.1. The highest BCUT2D eigenvalue weighted by atomic mass is 32.1. The van der Waals surface area contributed by atoms with Crippen molar-refractivity contribution < 1.29 is 29.4 Å². The molecule has 0 saturated heterocycles. The lowest BCUT2D eigenvalue weighted by Crippen LogP contribution is -2.50. The fourth-order valence-electron chi connectivity index (χ4n) is 2.35. The topological polar surface area (TPSA) is 185 Å². The number of carbonyl (C=O) groups excluding carboxylic acids is 2. The van der Waals surface area contributed by atoms with E-state index in [9.17, 15) is 19.2 Å². The van der Waals surface area contributed by atoms with E-state index in [-0.39, 0.29) is 25.7 Å². The highest BCUT2D eigenvalue weighted by Gasteiger charge is 2.24. The number of carboxylic acid groups (broad SMARTS) is 2. The molecule has 10 nitrogen and oxygen atoms in total. The monoisotopic (exact) mass is 406 g/mol. The average Bonchev–Trinajstić information content (AvgIpc) is 2.58. The van der Waals surface area contributed by atoms with Crippen molar-refractivity contribution in [3.8, 4) is 0 Å². The van der Waals surface area contributed by atoms with Crippen LogP contribution in [0, 0.1) is 0 Å². The Morgan fingerprint density at radius 1 is 1.00 bits per heavy atom. The third kappa shape index (κ3) is 12.2. The Bertz CT molecular complexity index is 505. The van der Waals surface area contributed by atoms with Crippen molar-refractivity contribution in [2.24, 2.45) is 11.5 Å². The molecule has 0 aliphatic carbocycles. The number of nitrogens with one attached hydrogen (secondary N) is 2. The SMILES string of the molecule is NCCCCC(CC(=O)O)NC(=O)C(CCS)NC(=O)CCC(N)C(=O)O. The molecular weight excluding hydrogens is 376 g/mol. The van der Waals surface area contributed by atoms with Gasteiger partial charge in [-0.15, -0.1) is 0 Å². The van der Waals surface area contributed by atoms with Gasteiger partial charge in [-0.3, -0.25) is 19.2 Å². The summed E-state index contributed by atoms with van der Waals surface area (Å²) in [5.41, 5.74) is 10.8. The number of nitrogens with two attached hydrogens (primary N) is 2. The molecule has 0 heterocycles. The lowest BCUT2D eigenvalue weighted by atomic mass is 10.0. The maximum atomic E-state index is 12.4. The van der Waals surface area contributed by atoms with Crippen LogP contribution in [0.3, 0.4) is 0 Å². The van der Waals surface area contributed by atoms with Gasteiger partial charge in [0.25, 0.3) is 0 Å². The second kappa shape index (κ2) is 14.2. The van der Waals surface area contributed by atoms with Gasteiger partial charge in [-0.05, 0) is 38.0 Å². The smallest absolute Gasteiger partial charge is 0.320 e. The third-order valence-corrected chi connectivity index (χ3v) is 4.10. The first-order valence-corrected chi connectivity index (χ1v) is 9.45. The maximum absolute atomic E-state index is 12.4. The van der Waals surface area contributed by atoms with E-state index >= 15 is 0 Å². The van der Waals surface area contributed by atoms with Crippen molar-refractivity contribution in [3.05, 3.63) is 0 Å². The normalized spacial score (nSPS) is 14.0. The van der Waals surface area contributed by atoms with Gasteiger partial charge in [0.15, 0.2) is 0 Å². The van der Waals surface area contributed by atoms with E-state index in [2.05, 4.69) is 23.3 Å². The molecule has 0 saturated carbocycles. The number of aliphatic carboxylic acids is 2. The number of hydrogen-bond donors (Lipinski definition) is 7. The van der Waals surface area contributed by atoms with Crippen molar-refractivity contribution in [1.29, 1.82) is 0 Å². The second-order valence-electron chi connectivity index (χ2n) is 6.20. The van der Waals surface area contributed by atoms with Gasteiger partial charge in [0.1, 0.15) is 12.1 Å². The number of carboxylic acids is 2. The van der Waals surface area contributed by atoms with Gasteiger partial charge in [-0.2, -0.15) is 12.6 Å². The first kappa shape index (κ1) is 25.1. The van der Waals surface area contributed by atoms with Crippen LogP contribution < -0.4 is 22.1 Å². The van der Waals surface area contributed by atoms with Crippen LogP contribution in [-0.2, 0) is 19.2 Å². The Kier molecular flexibility index (Phi) is 13.3. The predicted molar refractivity (Wildman–Crippen MR) is 102 cm³/mol. The molecule has 8 N–H and O–H groups in total. The molecule has 3 unspecified atom stereocenters. The summed E-state index contributed by atoms with van der Waals surface area (Å²) in [6.07, 6.45) is 1.66. The average molecular weight is 407 g/mol. The maximum Gasteiger partial charge on any atom is 0.320 e. The van der Waals surface area contributed by atoms with Crippen molar-refractivity contribution in [2.75, 3.05) is 12.3 Å². The number of hydrogen-bond acceptors (Lipinski definition) is 7. The van der Waals surface area contributed by atoms with Crippen LogP contribution in [0.2, 0.25) is 0 Å². The van der Waals surface area contributed by atoms with Gasteiger partial charge < -0.3 is 32.3 Å². The van der Waals surface area contributed by atoms with Crippen molar-refractivity contribution in [1.82, 2.24) is 10.6 Å². The Morgan fingerprint density at radius 3 is 2.19 bits per heavy atom. The van der Waals surface area contributed by atoms with Crippen molar-refractivity contribution >= 4 is 36.4 Å². The third-order valence-electron chi connectivity index (χ3n) is 3.84. The standard InChI is InChI=1S/C16H30N4O6S/c17-7-2-1-3-10(9-14(22)23)19-15(24)12(6-8-27)20-13(21)5-4-11(18)16(25)26/h10-12,27H,1-9,17-18H2,(H,19,24)(H,20,21)(H,22,23)(H,25,26). The van der Waals surface area contributed by atoms with E-state index in [1.165, 1.54) is 0 Å². The lowest BCUT2D eigenvalue weighted by Gasteiger charge is -2.22. The number of unbranched alkanes of at least 4 members (excludes halogenated alkanes) is 1. The Balaban J connectivity index is 4.73. The van der Waals surface area contributed by atoms with Gasteiger partial charge >= 0.3 is 11.9 Å². The number of amides is 2. The van der Waals surface area contributed by atoms with E-state index in [4.69, 9.17) is 21.7 Å². The molecule has 0 aromatic rings. The van der Waals surface area contributed by atoms with Crippen LogP contribution in [0.5, 0.6) is 0 Å². The highest BCUT2D eigenvalue weighted by Crippen LogP contribution is 2.07. The summed E-state index contributed by atoms with van der Waals surface area (Å²) in [5, 5.41) is 22.9. The van der Waals surface area contributed by atoms with Gasteiger partial charge in [-0.1, -0.05) is 6.42 Å². The summed E-state index contributed by atoms with van der Waals surface area (Å²) in [7, 11) is 0. The Hall–Kier alpha value is -1.85. The summed E-state index contributed by atoms with van der Waals surface area (Å²) in [5.74, 6) is -2.93. The first-order valence-electron chi connectivity index (χ1n) is 8.82. The van der Waals surface area contributed by atoms with Gasteiger partial charge in [-0.25, -0.2) is 0 Å².